The number of nitrogens with zero attached hydrogens (tertiary/aromatic N) is 1. The van der Waals surface area contributed by atoms with E-state index < -0.39 is 5.60 Å². The lowest BCUT2D eigenvalue weighted by molar-refractivity contribution is 0.161. The summed E-state index contributed by atoms with van der Waals surface area (Å²) in [6, 6.07) is 32.2. The molecule has 0 unspecified atom stereocenters. The van der Waals surface area contributed by atoms with Crippen molar-refractivity contribution in [3.63, 3.8) is 0 Å². The molecule has 31 heavy (non-hydrogen) atoms. The third-order valence-corrected chi connectivity index (χ3v) is 6.64. The quantitative estimate of drug-likeness (QED) is 0.373. The summed E-state index contributed by atoms with van der Waals surface area (Å²) >= 11 is 0. The Bertz CT molecular complexity index is 1210. The predicted molar refractivity (Wildman–Crippen MR) is 129 cm³/mol. The first kappa shape index (κ1) is 18.3. The standard InChI is InChI=1S/C29H25NO/c1-3-9-23(10-4-1)29(24-11-5-2-6-12-24)18-17-27-26-15-14-25(30-19-7-8-20-30)21-22(26)13-16-28(27)31-29/h1-6,9-18,21H,7-8,19-20H2. The van der Waals surface area contributed by atoms with Crippen LogP contribution in [0, 0.1) is 0 Å². The fourth-order valence-corrected chi connectivity index (χ4v) is 5.01. The molecule has 4 aromatic rings. The maximum absolute atomic E-state index is 6.83. The van der Waals surface area contributed by atoms with Crippen LogP contribution in [0.25, 0.3) is 16.8 Å². The van der Waals surface area contributed by atoms with E-state index in [0.717, 1.165) is 35.5 Å². The molecule has 0 aliphatic carbocycles. The van der Waals surface area contributed by atoms with Gasteiger partial charge in [-0.2, -0.15) is 0 Å². The summed E-state index contributed by atoms with van der Waals surface area (Å²) in [5.74, 6) is 0.927. The van der Waals surface area contributed by atoms with Gasteiger partial charge >= 0.3 is 0 Å². The van der Waals surface area contributed by atoms with Gasteiger partial charge in [0.05, 0.1) is 0 Å². The van der Waals surface area contributed by atoms with E-state index >= 15 is 0 Å². The molecule has 6 rings (SSSR count). The van der Waals surface area contributed by atoms with Gasteiger partial charge in [0.15, 0.2) is 5.60 Å². The zero-order valence-electron chi connectivity index (χ0n) is 17.5. The van der Waals surface area contributed by atoms with E-state index in [1.165, 1.54) is 29.3 Å². The van der Waals surface area contributed by atoms with Crippen LogP contribution in [-0.4, -0.2) is 13.1 Å². The average Bonchev–Trinajstić information content (AvgIpc) is 3.39. The Labute approximate surface area is 183 Å². The number of anilines is 1. The Morgan fingerprint density at radius 2 is 1.39 bits per heavy atom. The maximum Gasteiger partial charge on any atom is 0.178 e. The summed E-state index contributed by atoms with van der Waals surface area (Å²) in [6.07, 6.45) is 7.05. The summed E-state index contributed by atoms with van der Waals surface area (Å²) in [7, 11) is 0. The lowest BCUT2D eigenvalue weighted by atomic mass is 9.83. The van der Waals surface area contributed by atoms with Gasteiger partial charge in [0.2, 0.25) is 0 Å². The molecule has 0 bridgehead atoms. The first-order valence-electron chi connectivity index (χ1n) is 11.1. The van der Waals surface area contributed by atoms with Crippen LogP contribution in [0.3, 0.4) is 0 Å². The van der Waals surface area contributed by atoms with E-state index in [0.29, 0.717) is 0 Å². The number of benzene rings is 4. The van der Waals surface area contributed by atoms with Gasteiger partial charge in [-0.3, -0.25) is 0 Å². The highest BCUT2D eigenvalue weighted by Gasteiger charge is 2.37. The highest BCUT2D eigenvalue weighted by molar-refractivity contribution is 5.95. The molecule has 1 saturated heterocycles. The average molecular weight is 404 g/mol. The molecule has 4 aromatic carbocycles. The van der Waals surface area contributed by atoms with Crippen molar-refractivity contribution in [1.29, 1.82) is 0 Å². The van der Waals surface area contributed by atoms with Gasteiger partial charge in [0.1, 0.15) is 5.75 Å². The van der Waals surface area contributed by atoms with Crippen LogP contribution >= 0.6 is 0 Å². The van der Waals surface area contributed by atoms with Gasteiger partial charge in [-0.25, -0.2) is 0 Å². The molecular weight excluding hydrogens is 378 g/mol. The SMILES string of the molecule is C1=CC(c2ccccc2)(c2ccccc2)Oc2ccc3cc(N4CCCC4)ccc3c21. The molecule has 152 valence electrons. The Morgan fingerprint density at radius 1 is 0.710 bits per heavy atom. The first-order valence-corrected chi connectivity index (χ1v) is 11.1. The molecule has 0 spiro atoms. The normalized spacial score (nSPS) is 16.8. The van der Waals surface area contributed by atoms with Crippen LogP contribution in [0.2, 0.25) is 0 Å². The van der Waals surface area contributed by atoms with Crippen molar-refractivity contribution in [1.82, 2.24) is 0 Å². The molecule has 0 amide bonds. The van der Waals surface area contributed by atoms with Crippen LogP contribution in [0.1, 0.15) is 29.5 Å². The van der Waals surface area contributed by atoms with E-state index in [2.05, 4.69) is 95.9 Å². The van der Waals surface area contributed by atoms with E-state index in [4.69, 9.17) is 4.74 Å². The van der Waals surface area contributed by atoms with Crippen molar-refractivity contribution >= 4 is 22.5 Å². The molecule has 0 aromatic heterocycles. The largest absolute Gasteiger partial charge is 0.473 e. The predicted octanol–water partition coefficient (Wildman–Crippen LogP) is 6.79. The minimum atomic E-state index is -0.626. The third kappa shape index (κ3) is 3.02. The monoisotopic (exact) mass is 403 g/mol. The Kier molecular flexibility index (Phi) is 4.31. The topological polar surface area (TPSA) is 12.5 Å². The Balaban J connectivity index is 1.47. The molecule has 0 atom stereocenters. The summed E-state index contributed by atoms with van der Waals surface area (Å²) in [5.41, 5.74) is 4.13. The van der Waals surface area contributed by atoms with Crippen molar-refractivity contribution in [2.75, 3.05) is 18.0 Å². The first-order chi connectivity index (χ1) is 15.3. The van der Waals surface area contributed by atoms with Gasteiger partial charge in [0, 0.05) is 35.5 Å². The molecule has 2 heterocycles. The molecule has 2 nitrogen and oxygen atoms in total. The van der Waals surface area contributed by atoms with E-state index in [9.17, 15) is 0 Å². The van der Waals surface area contributed by atoms with Crippen molar-refractivity contribution in [3.8, 4) is 5.75 Å². The van der Waals surface area contributed by atoms with Crippen molar-refractivity contribution in [2.24, 2.45) is 0 Å². The summed E-state index contributed by atoms with van der Waals surface area (Å²) in [6.45, 7) is 2.33. The van der Waals surface area contributed by atoms with Crippen molar-refractivity contribution < 1.29 is 4.74 Å². The second kappa shape index (κ2) is 7.31. The smallest absolute Gasteiger partial charge is 0.178 e. The summed E-state index contributed by atoms with van der Waals surface area (Å²) in [4.78, 5) is 2.49. The zero-order valence-corrected chi connectivity index (χ0v) is 17.5. The lowest BCUT2D eigenvalue weighted by Crippen LogP contribution is -2.34. The Morgan fingerprint density at radius 3 is 2.06 bits per heavy atom. The molecule has 1 fully saturated rings. The van der Waals surface area contributed by atoms with Crippen LogP contribution in [-0.2, 0) is 5.60 Å². The van der Waals surface area contributed by atoms with Crippen LogP contribution < -0.4 is 9.64 Å². The highest BCUT2D eigenvalue weighted by atomic mass is 16.5. The molecule has 2 heteroatoms. The minimum Gasteiger partial charge on any atom is -0.473 e. The van der Waals surface area contributed by atoms with Gasteiger partial charge < -0.3 is 9.64 Å². The molecule has 2 aliphatic rings. The number of hydrogen-bond acceptors (Lipinski definition) is 2. The fourth-order valence-electron chi connectivity index (χ4n) is 5.01. The van der Waals surface area contributed by atoms with Crippen molar-refractivity contribution in [2.45, 2.75) is 18.4 Å². The highest BCUT2D eigenvalue weighted by Crippen LogP contribution is 2.44. The van der Waals surface area contributed by atoms with E-state index in [1.54, 1.807) is 0 Å². The fraction of sp³-hybridized carbons (Fsp3) is 0.172. The van der Waals surface area contributed by atoms with Gasteiger partial charge in [0.25, 0.3) is 0 Å². The lowest BCUT2D eigenvalue weighted by Gasteiger charge is -2.36. The number of fused-ring (bicyclic) bond motifs is 3. The molecule has 0 saturated carbocycles. The molecule has 0 N–H and O–H groups in total. The summed E-state index contributed by atoms with van der Waals surface area (Å²) in [5, 5.41) is 2.51. The van der Waals surface area contributed by atoms with Gasteiger partial charge in [-0.15, -0.1) is 0 Å². The second-order valence-electron chi connectivity index (χ2n) is 8.48. The van der Waals surface area contributed by atoms with Crippen molar-refractivity contribution in [3.05, 3.63) is 114 Å². The number of ether oxygens (including phenoxy) is 1. The van der Waals surface area contributed by atoms with E-state index in [1.807, 2.05) is 12.1 Å². The third-order valence-electron chi connectivity index (χ3n) is 6.64. The molecule has 0 radical (unpaired) electrons. The summed E-state index contributed by atoms with van der Waals surface area (Å²) < 4.78 is 6.83. The minimum absolute atomic E-state index is 0.626. The Hall–Kier alpha value is -3.52. The molecular formula is C29H25NO. The zero-order chi connectivity index (χ0) is 20.7. The number of hydrogen-bond donors (Lipinski definition) is 0. The number of rotatable bonds is 3. The second-order valence-corrected chi connectivity index (χ2v) is 8.48. The van der Waals surface area contributed by atoms with Gasteiger partial charge in [-0.1, -0.05) is 72.8 Å². The maximum atomic E-state index is 6.83. The van der Waals surface area contributed by atoms with Crippen LogP contribution in [0.5, 0.6) is 5.75 Å². The van der Waals surface area contributed by atoms with Crippen LogP contribution in [0.15, 0.2) is 97.1 Å². The van der Waals surface area contributed by atoms with Gasteiger partial charge in [-0.05, 0) is 54.0 Å². The van der Waals surface area contributed by atoms with E-state index in [-0.39, 0.29) is 0 Å². The van der Waals surface area contributed by atoms with Crippen LogP contribution in [0.4, 0.5) is 5.69 Å². The molecule has 2 aliphatic heterocycles.